The summed E-state index contributed by atoms with van der Waals surface area (Å²) in [7, 11) is 0. The van der Waals surface area contributed by atoms with E-state index >= 15 is 0 Å². The van der Waals surface area contributed by atoms with Crippen LogP contribution in [0.2, 0.25) is 0 Å². The van der Waals surface area contributed by atoms with Crippen molar-refractivity contribution in [1.29, 1.82) is 0 Å². The fourth-order valence-electron chi connectivity index (χ4n) is 1.42. The first-order chi connectivity index (χ1) is 8.47. The molecule has 0 aromatic rings. The summed E-state index contributed by atoms with van der Waals surface area (Å²) in [5, 5.41) is 11.5. The van der Waals surface area contributed by atoms with Crippen molar-refractivity contribution in [2.24, 2.45) is 5.41 Å². The summed E-state index contributed by atoms with van der Waals surface area (Å²) in [5.41, 5.74) is -0.556. The van der Waals surface area contributed by atoms with Crippen LogP contribution in [0, 0.1) is 5.41 Å². The second-order valence-corrected chi connectivity index (χ2v) is 6.59. The van der Waals surface area contributed by atoms with Crippen molar-refractivity contribution in [3.63, 3.8) is 0 Å². The van der Waals surface area contributed by atoms with Gasteiger partial charge in [-0.3, -0.25) is 0 Å². The molecule has 0 aromatic heterocycles. The largest absolute Gasteiger partial charge is 0.480 e. The van der Waals surface area contributed by atoms with Crippen molar-refractivity contribution in [2.45, 2.75) is 72.4 Å². The Morgan fingerprint density at radius 1 is 1.21 bits per heavy atom. The van der Waals surface area contributed by atoms with E-state index in [1.807, 2.05) is 0 Å². The van der Waals surface area contributed by atoms with Crippen molar-refractivity contribution < 1.29 is 19.4 Å². The molecule has 5 heteroatoms. The zero-order valence-corrected chi connectivity index (χ0v) is 12.9. The van der Waals surface area contributed by atoms with Gasteiger partial charge in [-0.05, 0) is 39.0 Å². The standard InChI is InChI=1S/C14H27NO4/c1-7-14(5,6)9-8-10(11(16)17)15-12(18)19-13(2,3)4/h10H,7-9H2,1-6H3,(H,15,18)(H,16,17)/t10-/m0/s1. The van der Waals surface area contributed by atoms with Gasteiger partial charge >= 0.3 is 12.1 Å². The van der Waals surface area contributed by atoms with Crippen molar-refractivity contribution in [1.82, 2.24) is 5.32 Å². The number of carboxylic acids is 1. The Morgan fingerprint density at radius 3 is 2.11 bits per heavy atom. The lowest BCUT2D eigenvalue weighted by Crippen LogP contribution is -2.43. The van der Waals surface area contributed by atoms with E-state index in [1.165, 1.54) is 0 Å². The van der Waals surface area contributed by atoms with Gasteiger partial charge in [0.15, 0.2) is 0 Å². The summed E-state index contributed by atoms with van der Waals surface area (Å²) >= 11 is 0. The van der Waals surface area contributed by atoms with Gasteiger partial charge in [-0.15, -0.1) is 0 Å². The minimum Gasteiger partial charge on any atom is -0.480 e. The Labute approximate surface area is 115 Å². The summed E-state index contributed by atoms with van der Waals surface area (Å²) < 4.78 is 5.06. The summed E-state index contributed by atoms with van der Waals surface area (Å²) in [6.45, 7) is 11.4. The molecule has 0 radical (unpaired) electrons. The van der Waals surface area contributed by atoms with Crippen LogP contribution in [0.15, 0.2) is 0 Å². The lowest BCUT2D eigenvalue weighted by atomic mass is 9.84. The van der Waals surface area contributed by atoms with Gasteiger partial charge < -0.3 is 15.2 Å². The number of amides is 1. The fraction of sp³-hybridized carbons (Fsp3) is 0.857. The summed E-state index contributed by atoms with van der Waals surface area (Å²) in [4.78, 5) is 22.7. The van der Waals surface area contributed by atoms with Crippen LogP contribution in [0.25, 0.3) is 0 Å². The highest BCUT2D eigenvalue weighted by molar-refractivity contribution is 5.79. The molecule has 112 valence electrons. The van der Waals surface area contributed by atoms with E-state index in [0.29, 0.717) is 6.42 Å². The molecule has 1 atom stereocenters. The number of aliphatic carboxylic acids is 1. The van der Waals surface area contributed by atoms with Gasteiger partial charge in [0.25, 0.3) is 0 Å². The molecule has 0 spiro atoms. The maximum atomic E-state index is 11.6. The third kappa shape index (κ3) is 8.46. The average Bonchev–Trinajstić information content (AvgIpc) is 2.21. The molecule has 0 heterocycles. The van der Waals surface area contributed by atoms with Crippen molar-refractivity contribution >= 4 is 12.1 Å². The van der Waals surface area contributed by atoms with E-state index in [9.17, 15) is 9.59 Å². The number of hydrogen-bond acceptors (Lipinski definition) is 3. The highest BCUT2D eigenvalue weighted by Gasteiger charge is 2.26. The van der Waals surface area contributed by atoms with Crippen molar-refractivity contribution in [3.05, 3.63) is 0 Å². The molecule has 2 N–H and O–H groups in total. The molecular weight excluding hydrogens is 246 g/mol. The topological polar surface area (TPSA) is 75.6 Å². The quantitative estimate of drug-likeness (QED) is 0.779. The zero-order chi connectivity index (χ0) is 15.3. The van der Waals surface area contributed by atoms with Gasteiger partial charge in [0.2, 0.25) is 0 Å². The minimum absolute atomic E-state index is 0.0727. The first-order valence-corrected chi connectivity index (χ1v) is 6.69. The zero-order valence-electron chi connectivity index (χ0n) is 12.9. The second-order valence-electron chi connectivity index (χ2n) is 6.59. The van der Waals surface area contributed by atoms with Crippen LogP contribution in [0.5, 0.6) is 0 Å². The van der Waals surface area contributed by atoms with Crippen LogP contribution in [-0.4, -0.2) is 28.8 Å². The molecular formula is C14H27NO4. The molecule has 0 rings (SSSR count). The van der Waals surface area contributed by atoms with Gasteiger partial charge in [0.05, 0.1) is 0 Å². The fourth-order valence-corrected chi connectivity index (χ4v) is 1.42. The predicted molar refractivity (Wildman–Crippen MR) is 74.1 cm³/mol. The first kappa shape index (κ1) is 17.7. The third-order valence-electron chi connectivity index (χ3n) is 3.06. The maximum Gasteiger partial charge on any atom is 0.408 e. The molecule has 1 amide bonds. The average molecular weight is 273 g/mol. The first-order valence-electron chi connectivity index (χ1n) is 6.69. The number of ether oxygens (including phenoxy) is 1. The molecule has 0 aliphatic rings. The monoisotopic (exact) mass is 273 g/mol. The number of carbonyl (C=O) groups excluding carboxylic acids is 1. The summed E-state index contributed by atoms with van der Waals surface area (Å²) in [6, 6.07) is -0.902. The van der Waals surface area contributed by atoms with Gasteiger partial charge in [-0.2, -0.15) is 0 Å². The van der Waals surface area contributed by atoms with E-state index in [2.05, 4.69) is 26.1 Å². The molecule has 0 saturated heterocycles. The second kappa shape index (κ2) is 6.78. The normalized spacial score (nSPS) is 13.8. The van der Waals surface area contributed by atoms with Gasteiger partial charge in [0, 0.05) is 0 Å². The molecule has 0 aliphatic heterocycles. The molecule has 0 fully saturated rings. The molecule has 0 unspecified atom stereocenters. The van der Waals surface area contributed by atoms with Crippen LogP contribution in [0.3, 0.4) is 0 Å². The minimum atomic E-state index is -1.03. The van der Waals surface area contributed by atoms with Gasteiger partial charge in [-0.1, -0.05) is 27.2 Å². The van der Waals surface area contributed by atoms with E-state index in [-0.39, 0.29) is 5.41 Å². The van der Waals surface area contributed by atoms with Crippen LogP contribution < -0.4 is 5.32 Å². The summed E-state index contributed by atoms with van der Waals surface area (Å²) in [5.74, 6) is -1.03. The predicted octanol–water partition coefficient (Wildman–Crippen LogP) is 3.18. The summed E-state index contributed by atoms with van der Waals surface area (Å²) in [6.07, 6.45) is 1.41. The lowest BCUT2D eigenvalue weighted by Gasteiger charge is -2.26. The number of hydrogen-bond donors (Lipinski definition) is 2. The molecule has 0 bridgehead atoms. The van der Waals surface area contributed by atoms with Crippen LogP contribution >= 0.6 is 0 Å². The number of rotatable bonds is 6. The Balaban J connectivity index is 4.43. The number of alkyl carbamates (subject to hydrolysis) is 1. The van der Waals surface area contributed by atoms with Gasteiger partial charge in [0.1, 0.15) is 11.6 Å². The highest BCUT2D eigenvalue weighted by Crippen LogP contribution is 2.26. The van der Waals surface area contributed by atoms with E-state index in [1.54, 1.807) is 20.8 Å². The van der Waals surface area contributed by atoms with Crippen LogP contribution in [-0.2, 0) is 9.53 Å². The molecule has 19 heavy (non-hydrogen) atoms. The Bertz CT molecular complexity index is 318. The van der Waals surface area contributed by atoms with E-state index in [0.717, 1.165) is 12.8 Å². The van der Waals surface area contributed by atoms with Crippen LogP contribution in [0.4, 0.5) is 4.79 Å². The Morgan fingerprint density at radius 2 is 1.74 bits per heavy atom. The third-order valence-corrected chi connectivity index (χ3v) is 3.06. The number of carboxylic acid groups (broad SMARTS) is 1. The lowest BCUT2D eigenvalue weighted by molar-refractivity contribution is -0.139. The Kier molecular flexibility index (Phi) is 6.33. The SMILES string of the molecule is CCC(C)(C)CC[C@H](NC(=O)OC(C)(C)C)C(=O)O. The molecule has 0 saturated carbocycles. The van der Waals surface area contributed by atoms with Gasteiger partial charge in [-0.25, -0.2) is 9.59 Å². The van der Waals surface area contributed by atoms with E-state index < -0.39 is 23.7 Å². The highest BCUT2D eigenvalue weighted by atomic mass is 16.6. The molecule has 5 nitrogen and oxygen atoms in total. The smallest absolute Gasteiger partial charge is 0.408 e. The van der Waals surface area contributed by atoms with E-state index in [4.69, 9.17) is 9.84 Å². The Hall–Kier alpha value is -1.26. The van der Waals surface area contributed by atoms with Crippen molar-refractivity contribution in [2.75, 3.05) is 0 Å². The molecule has 0 aliphatic carbocycles. The van der Waals surface area contributed by atoms with Crippen molar-refractivity contribution in [3.8, 4) is 0 Å². The van der Waals surface area contributed by atoms with Crippen LogP contribution in [0.1, 0.15) is 60.8 Å². The maximum absolute atomic E-state index is 11.6. The molecule has 0 aromatic carbocycles. The number of carbonyl (C=O) groups is 2. The number of nitrogens with one attached hydrogen (secondary N) is 1.